The lowest BCUT2D eigenvalue weighted by Crippen LogP contribution is -2.37. The molecule has 0 radical (unpaired) electrons. The summed E-state index contributed by atoms with van der Waals surface area (Å²) in [7, 11) is 1.44. The molecule has 120 valence electrons. The molecule has 0 N–H and O–H groups in total. The summed E-state index contributed by atoms with van der Waals surface area (Å²) in [5.74, 6) is -0.276. The smallest absolute Gasteiger partial charge is 0.312 e. The van der Waals surface area contributed by atoms with Gasteiger partial charge in [0.25, 0.3) is 0 Å². The van der Waals surface area contributed by atoms with Crippen molar-refractivity contribution in [3.8, 4) is 0 Å². The third kappa shape index (κ3) is 4.99. The monoisotopic (exact) mass is 301 g/mol. The third-order valence-corrected chi connectivity index (χ3v) is 4.39. The highest BCUT2D eigenvalue weighted by Crippen LogP contribution is 2.23. The first-order chi connectivity index (χ1) is 10.7. The van der Waals surface area contributed by atoms with Crippen LogP contribution in [0.3, 0.4) is 0 Å². The van der Waals surface area contributed by atoms with Gasteiger partial charge in [0.2, 0.25) is 0 Å². The molecule has 0 amide bonds. The molecule has 1 aromatic rings. The van der Waals surface area contributed by atoms with Gasteiger partial charge in [-0.05, 0) is 24.1 Å². The largest absolute Gasteiger partial charge is 0.469 e. The Morgan fingerprint density at radius 1 is 1.23 bits per heavy atom. The molecule has 1 atom stereocenters. The first-order valence-corrected chi connectivity index (χ1v) is 8.22. The number of carbonyl (C=O) groups is 1. The number of methoxy groups -OCH3 is 1. The summed E-state index contributed by atoms with van der Waals surface area (Å²) in [6.45, 7) is 6.61. The topological polar surface area (TPSA) is 29.5 Å². The van der Waals surface area contributed by atoms with Crippen LogP contribution in [0.15, 0.2) is 42.5 Å². The lowest BCUT2D eigenvalue weighted by molar-refractivity contribution is -0.145. The molecule has 2 fully saturated rings. The van der Waals surface area contributed by atoms with Crippen LogP contribution in [0.5, 0.6) is 0 Å². The number of ether oxygens (including phenoxy) is 1. The summed E-state index contributed by atoms with van der Waals surface area (Å²) >= 11 is 0. The highest BCUT2D eigenvalue weighted by Gasteiger charge is 2.28. The quantitative estimate of drug-likeness (QED) is 0.628. The lowest BCUT2D eigenvalue weighted by Gasteiger charge is -2.32. The van der Waals surface area contributed by atoms with Gasteiger partial charge in [0, 0.05) is 13.1 Å². The van der Waals surface area contributed by atoms with Crippen molar-refractivity contribution in [1.29, 1.82) is 0 Å². The Kier molecular flexibility index (Phi) is 6.66. The minimum absolute atomic E-state index is 0.123. The van der Waals surface area contributed by atoms with Crippen LogP contribution in [0.4, 0.5) is 0 Å². The molecular weight excluding hydrogens is 274 g/mol. The van der Waals surface area contributed by atoms with E-state index in [9.17, 15) is 4.79 Å². The molecule has 1 aromatic carbocycles. The molecule has 1 unspecified atom stereocenters. The number of nitrogens with zero attached hydrogens (tertiary/aromatic N) is 1. The van der Waals surface area contributed by atoms with E-state index in [1.54, 1.807) is 0 Å². The Bertz CT molecular complexity index is 475. The zero-order valence-electron chi connectivity index (χ0n) is 13.6. The van der Waals surface area contributed by atoms with E-state index in [4.69, 9.17) is 4.74 Å². The first-order valence-electron chi connectivity index (χ1n) is 8.22. The summed E-state index contributed by atoms with van der Waals surface area (Å²) in [6.07, 6.45) is 6.80. The van der Waals surface area contributed by atoms with Crippen molar-refractivity contribution in [3.05, 3.63) is 48.0 Å². The molecule has 1 saturated carbocycles. The van der Waals surface area contributed by atoms with E-state index in [1.165, 1.54) is 38.4 Å². The van der Waals surface area contributed by atoms with Gasteiger partial charge < -0.3 is 4.74 Å². The van der Waals surface area contributed by atoms with Crippen molar-refractivity contribution in [2.45, 2.75) is 38.6 Å². The molecule has 2 aliphatic rings. The summed E-state index contributed by atoms with van der Waals surface area (Å²) in [6, 6.07) is 10.4. The molecule has 22 heavy (non-hydrogen) atoms. The number of hydrogen-bond acceptors (Lipinski definition) is 3. The highest BCUT2D eigenvalue weighted by molar-refractivity contribution is 5.75. The third-order valence-electron chi connectivity index (χ3n) is 4.39. The van der Waals surface area contributed by atoms with Gasteiger partial charge in [-0.3, -0.25) is 9.69 Å². The maximum absolute atomic E-state index is 11.5. The number of rotatable bonds is 3. The zero-order valence-corrected chi connectivity index (χ0v) is 13.6. The van der Waals surface area contributed by atoms with E-state index in [0.717, 1.165) is 31.6 Å². The van der Waals surface area contributed by atoms with Crippen molar-refractivity contribution >= 4 is 5.97 Å². The fraction of sp³-hybridized carbons (Fsp3) is 0.526. The Labute approximate surface area is 134 Å². The summed E-state index contributed by atoms with van der Waals surface area (Å²) in [4.78, 5) is 13.9. The van der Waals surface area contributed by atoms with Gasteiger partial charge in [-0.15, -0.1) is 0 Å². The van der Waals surface area contributed by atoms with Gasteiger partial charge in [0.05, 0.1) is 13.0 Å². The second-order valence-corrected chi connectivity index (χ2v) is 6.13. The number of likely N-dealkylation sites (tertiary alicyclic amines) is 1. The van der Waals surface area contributed by atoms with Crippen LogP contribution >= 0.6 is 0 Å². The minimum Gasteiger partial charge on any atom is -0.469 e. The molecule has 3 heteroatoms. The Balaban J connectivity index is 0.000000381. The van der Waals surface area contributed by atoms with Crippen molar-refractivity contribution in [1.82, 2.24) is 4.90 Å². The van der Waals surface area contributed by atoms with Crippen LogP contribution in [-0.2, 0) is 16.1 Å². The average Bonchev–Trinajstić information content (AvgIpc) is 2.46. The normalized spacial score (nSPS) is 21.3. The maximum Gasteiger partial charge on any atom is 0.312 e. The average molecular weight is 301 g/mol. The molecule has 0 aromatic heterocycles. The minimum atomic E-state index is -0.153. The van der Waals surface area contributed by atoms with Gasteiger partial charge >= 0.3 is 5.97 Å². The predicted octanol–water partition coefficient (Wildman–Crippen LogP) is 3.80. The van der Waals surface area contributed by atoms with Crippen molar-refractivity contribution in [2.24, 2.45) is 5.92 Å². The van der Waals surface area contributed by atoms with E-state index in [1.807, 2.05) is 18.2 Å². The van der Waals surface area contributed by atoms with Gasteiger partial charge in [0.15, 0.2) is 0 Å². The Morgan fingerprint density at radius 2 is 1.86 bits per heavy atom. The Hall–Kier alpha value is -1.61. The van der Waals surface area contributed by atoms with Crippen molar-refractivity contribution in [3.63, 3.8) is 0 Å². The second kappa shape index (κ2) is 8.74. The first kappa shape index (κ1) is 16.8. The molecule has 1 aliphatic heterocycles. The van der Waals surface area contributed by atoms with Crippen LogP contribution in [-0.4, -0.2) is 31.1 Å². The number of piperidine rings is 1. The van der Waals surface area contributed by atoms with Gasteiger partial charge in [-0.2, -0.15) is 0 Å². The molecule has 0 bridgehead atoms. The van der Waals surface area contributed by atoms with Crippen LogP contribution in [0, 0.1) is 5.92 Å². The highest BCUT2D eigenvalue weighted by atomic mass is 16.5. The van der Waals surface area contributed by atoms with E-state index < -0.39 is 0 Å². The number of carbonyl (C=O) groups excluding carboxylic acids is 1. The maximum atomic E-state index is 11.5. The predicted molar refractivity (Wildman–Crippen MR) is 89.5 cm³/mol. The molecular formula is C19H27NO2. The SMILES string of the molecule is C1CCC1.C=C1CN(Cc2ccccc2)CCC1C(=O)OC. The standard InChI is InChI=1S/C15H19NO2.C4H8/c1-12-10-16(9-8-14(12)15(17)18-2)11-13-6-4-3-5-7-13;1-2-4-3-1/h3-7,14H,1,8-11H2,2H3;1-4H2. The van der Waals surface area contributed by atoms with Crippen LogP contribution in [0.2, 0.25) is 0 Å². The molecule has 1 saturated heterocycles. The van der Waals surface area contributed by atoms with E-state index in [0.29, 0.717) is 0 Å². The number of hydrogen-bond donors (Lipinski definition) is 0. The summed E-state index contributed by atoms with van der Waals surface area (Å²) in [5.41, 5.74) is 2.26. The van der Waals surface area contributed by atoms with E-state index >= 15 is 0 Å². The molecule has 1 aliphatic carbocycles. The summed E-state index contributed by atoms with van der Waals surface area (Å²) in [5, 5.41) is 0. The Morgan fingerprint density at radius 3 is 2.36 bits per heavy atom. The van der Waals surface area contributed by atoms with Crippen molar-refractivity contribution in [2.75, 3.05) is 20.2 Å². The fourth-order valence-electron chi connectivity index (χ4n) is 2.65. The molecule has 0 spiro atoms. The van der Waals surface area contributed by atoms with Gasteiger partial charge in [0.1, 0.15) is 0 Å². The molecule has 3 nitrogen and oxygen atoms in total. The zero-order chi connectivity index (χ0) is 15.8. The van der Waals surface area contributed by atoms with Crippen LogP contribution in [0.1, 0.15) is 37.7 Å². The van der Waals surface area contributed by atoms with E-state index in [2.05, 4.69) is 23.6 Å². The molecule has 1 heterocycles. The lowest BCUT2D eigenvalue weighted by atomic mass is 9.92. The van der Waals surface area contributed by atoms with E-state index in [-0.39, 0.29) is 11.9 Å². The number of esters is 1. The number of benzene rings is 1. The van der Waals surface area contributed by atoms with Crippen LogP contribution < -0.4 is 0 Å². The van der Waals surface area contributed by atoms with Crippen molar-refractivity contribution < 1.29 is 9.53 Å². The fourth-order valence-corrected chi connectivity index (χ4v) is 2.65. The summed E-state index contributed by atoms with van der Waals surface area (Å²) < 4.78 is 4.80. The van der Waals surface area contributed by atoms with Gasteiger partial charge in [-0.1, -0.05) is 62.6 Å². The molecule has 3 rings (SSSR count). The van der Waals surface area contributed by atoms with Gasteiger partial charge in [-0.25, -0.2) is 0 Å². The van der Waals surface area contributed by atoms with Crippen LogP contribution in [0.25, 0.3) is 0 Å². The second-order valence-electron chi connectivity index (χ2n) is 6.13.